The second-order valence-corrected chi connectivity index (χ2v) is 16.7. The number of unbranched alkanes of at least 4 members (excludes halogenated alkanes) is 5. The first-order valence-electron chi connectivity index (χ1n) is 18.0. The Morgan fingerprint density at radius 2 is 1.61 bits per heavy atom. The molecule has 0 radical (unpaired) electrons. The molecule has 2 heterocycles. The van der Waals surface area contributed by atoms with Crippen molar-refractivity contribution in [1.82, 2.24) is 14.9 Å². The third-order valence-electron chi connectivity index (χ3n) is 9.14. The fourth-order valence-electron chi connectivity index (χ4n) is 6.31. The Morgan fingerprint density at radius 1 is 0.961 bits per heavy atom. The number of nitrogens with two attached hydrogens (primary N) is 1. The lowest BCUT2D eigenvalue weighted by Gasteiger charge is -2.33. The topological polar surface area (TPSA) is 157 Å². The molecule has 0 atom stereocenters. The van der Waals surface area contributed by atoms with Crippen molar-refractivity contribution in [3.8, 4) is 5.75 Å². The average molecular weight is 741 g/mol. The van der Waals surface area contributed by atoms with Gasteiger partial charge in [-0.25, -0.2) is 13.4 Å². The molecule has 1 fully saturated rings. The number of piperidine rings is 1. The number of nitrogens with one attached hydrogen (secondary N) is 2. The first kappa shape index (κ1) is 39.9. The fraction of sp³-hybridized carbons (Fsp3) is 0.526. The zero-order valence-electron chi connectivity index (χ0n) is 30.5. The number of rotatable bonds is 18. The summed E-state index contributed by atoms with van der Waals surface area (Å²) in [5, 5.41) is 6.03. The molecule has 0 bridgehead atoms. The van der Waals surface area contributed by atoms with Gasteiger partial charge in [-0.1, -0.05) is 49.4 Å². The van der Waals surface area contributed by atoms with Gasteiger partial charge in [-0.05, 0) is 102 Å². The Bertz CT molecular complexity index is 1760. The number of anilines is 4. The van der Waals surface area contributed by atoms with E-state index in [1.165, 1.54) is 11.8 Å². The number of nitrogens with zero attached hydrogens (tertiary/aromatic N) is 3. The molecule has 0 unspecified atom stereocenters. The first-order chi connectivity index (χ1) is 24.3. The Balaban J connectivity index is 1.41. The summed E-state index contributed by atoms with van der Waals surface area (Å²) in [6.45, 7) is 10.8. The minimum Gasteiger partial charge on any atom is -0.489 e. The molecule has 2 aromatic carbocycles. The lowest BCUT2D eigenvalue weighted by molar-refractivity contribution is -0.132. The van der Waals surface area contributed by atoms with Crippen molar-refractivity contribution in [1.29, 1.82) is 0 Å². The number of benzene rings is 2. The van der Waals surface area contributed by atoms with Crippen molar-refractivity contribution in [2.75, 3.05) is 23.7 Å². The highest BCUT2D eigenvalue weighted by Crippen LogP contribution is 2.38. The second kappa shape index (κ2) is 18.5. The molecule has 0 saturated carbocycles. The highest BCUT2D eigenvalue weighted by molar-refractivity contribution is 7.92. The number of para-hydroxylation sites is 1. The van der Waals surface area contributed by atoms with Crippen LogP contribution in [0.5, 0.6) is 5.75 Å². The number of sulfone groups is 1. The van der Waals surface area contributed by atoms with Crippen LogP contribution in [0.1, 0.15) is 109 Å². The number of ether oxygens (including phenoxy) is 1. The molecule has 51 heavy (non-hydrogen) atoms. The van der Waals surface area contributed by atoms with Gasteiger partial charge < -0.3 is 26.0 Å². The van der Waals surface area contributed by atoms with Crippen molar-refractivity contribution in [2.45, 2.75) is 121 Å². The molecular formula is C38H53ClN6O5S. The number of likely N-dealkylation sites (tertiary alicyclic amines) is 1. The molecule has 278 valence electrons. The maximum absolute atomic E-state index is 13.0. The van der Waals surface area contributed by atoms with E-state index in [1.54, 1.807) is 38.1 Å². The number of carbonyl (C=O) groups is 2. The van der Waals surface area contributed by atoms with Crippen LogP contribution in [0.4, 0.5) is 23.1 Å². The number of amides is 2. The molecule has 3 aromatic rings. The standard InChI is InChI=1S/C38H53ClN6O5S/c1-25(2)50-33-23-29(28-18-20-45(21-19-28)36(47)17-11-9-7-6-8-10-16-35(40)46)27(5)22-32(33)43-38-41-24-30(39)37(44-38)42-31-14-12-13-15-34(31)51(48,49)26(3)4/h12-15,22-26,28H,6-11,16-21H2,1-5H3,(H2,40,46)(H2,41,42,43,44). The monoisotopic (exact) mass is 740 g/mol. The van der Waals surface area contributed by atoms with Crippen molar-refractivity contribution in [3.63, 3.8) is 0 Å². The van der Waals surface area contributed by atoms with Crippen LogP contribution in [0.15, 0.2) is 47.5 Å². The van der Waals surface area contributed by atoms with E-state index in [0.29, 0.717) is 35.9 Å². The summed E-state index contributed by atoms with van der Waals surface area (Å²) in [7, 11) is -3.56. The molecule has 0 spiro atoms. The summed E-state index contributed by atoms with van der Waals surface area (Å²) in [5.41, 5.74) is 8.56. The van der Waals surface area contributed by atoms with E-state index in [0.717, 1.165) is 70.0 Å². The molecule has 4 N–H and O–H groups in total. The second-order valence-electron chi connectivity index (χ2n) is 13.8. The smallest absolute Gasteiger partial charge is 0.229 e. The fourth-order valence-corrected chi connectivity index (χ4v) is 7.65. The van der Waals surface area contributed by atoms with E-state index in [1.807, 2.05) is 24.8 Å². The zero-order valence-corrected chi connectivity index (χ0v) is 32.1. The van der Waals surface area contributed by atoms with Crippen LogP contribution >= 0.6 is 11.6 Å². The lowest BCUT2D eigenvalue weighted by atomic mass is 9.86. The maximum atomic E-state index is 13.0. The van der Waals surface area contributed by atoms with Crippen LogP contribution < -0.4 is 21.1 Å². The normalized spacial score (nSPS) is 13.8. The summed E-state index contributed by atoms with van der Waals surface area (Å²) >= 11 is 6.48. The van der Waals surface area contributed by atoms with E-state index in [-0.39, 0.29) is 39.6 Å². The Hall–Kier alpha value is -3.90. The number of carbonyl (C=O) groups excluding carboxylic acids is 2. The number of hydrogen-bond donors (Lipinski definition) is 3. The molecule has 13 heteroatoms. The minimum atomic E-state index is -3.56. The molecule has 1 aliphatic rings. The van der Waals surface area contributed by atoms with Gasteiger partial charge in [0.05, 0.1) is 33.8 Å². The van der Waals surface area contributed by atoms with Gasteiger partial charge in [0.25, 0.3) is 0 Å². The summed E-state index contributed by atoms with van der Waals surface area (Å²) in [5.74, 6) is 1.47. The van der Waals surface area contributed by atoms with Crippen LogP contribution in [-0.4, -0.2) is 59.5 Å². The van der Waals surface area contributed by atoms with Gasteiger partial charge in [-0.3, -0.25) is 9.59 Å². The quantitative estimate of drug-likeness (QED) is 0.109. The van der Waals surface area contributed by atoms with Crippen LogP contribution in [0, 0.1) is 6.92 Å². The molecular weight excluding hydrogens is 688 g/mol. The summed E-state index contributed by atoms with van der Waals surface area (Å²) < 4.78 is 32.3. The summed E-state index contributed by atoms with van der Waals surface area (Å²) in [4.78, 5) is 35.0. The summed E-state index contributed by atoms with van der Waals surface area (Å²) in [6, 6.07) is 10.8. The third-order valence-corrected chi connectivity index (χ3v) is 11.6. The van der Waals surface area contributed by atoms with E-state index in [9.17, 15) is 18.0 Å². The zero-order chi connectivity index (χ0) is 37.1. The van der Waals surface area contributed by atoms with Gasteiger partial charge in [0.15, 0.2) is 15.7 Å². The predicted octanol–water partition coefficient (Wildman–Crippen LogP) is 8.21. The van der Waals surface area contributed by atoms with Gasteiger partial charge in [0.1, 0.15) is 10.8 Å². The van der Waals surface area contributed by atoms with Gasteiger partial charge in [-0.15, -0.1) is 0 Å². The molecule has 4 rings (SSSR count). The number of aryl methyl sites for hydroxylation is 1. The maximum Gasteiger partial charge on any atom is 0.229 e. The number of aromatic nitrogens is 2. The number of hydrogen-bond acceptors (Lipinski definition) is 9. The van der Waals surface area contributed by atoms with Crippen molar-refractivity contribution >= 4 is 56.4 Å². The lowest BCUT2D eigenvalue weighted by Crippen LogP contribution is -2.37. The first-order valence-corrected chi connectivity index (χ1v) is 20.0. The Labute approximate surface area is 308 Å². The van der Waals surface area contributed by atoms with Crippen molar-refractivity contribution in [3.05, 3.63) is 58.7 Å². The van der Waals surface area contributed by atoms with E-state index in [2.05, 4.69) is 33.6 Å². The highest BCUT2D eigenvalue weighted by Gasteiger charge is 2.26. The SMILES string of the molecule is Cc1cc(Nc2ncc(Cl)c(Nc3ccccc3S(=O)(=O)C(C)C)n2)c(OC(C)C)cc1C1CCN(C(=O)CCCCCCCCC(N)=O)CC1. The molecule has 0 aliphatic carbocycles. The van der Waals surface area contributed by atoms with Gasteiger partial charge in [-0.2, -0.15) is 4.98 Å². The highest BCUT2D eigenvalue weighted by atomic mass is 35.5. The van der Waals surface area contributed by atoms with E-state index >= 15 is 0 Å². The van der Waals surface area contributed by atoms with Crippen LogP contribution in [0.25, 0.3) is 0 Å². The molecule has 2 amide bonds. The molecule has 1 aliphatic heterocycles. The van der Waals surface area contributed by atoms with Crippen LogP contribution in [0.2, 0.25) is 5.02 Å². The van der Waals surface area contributed by atoms with Crippen LogP contribution in [0.3, 0.4) is 0 Å². The average Bonchev–Trinajstić information content (AvgIpc) is 3.08. The van der Waals surface area contributed by atoms with Crippen molar-refractivity contribution < 1.29 is 22.7 Å². The third kappa shape index (κ3) is 11.3. The number of halogens is 1. The Kier molecular flexibility index (Phi) is 14.5. The van der Waals surface area contributed by atoms with E-state index in [4.69, 9.17) is 22.1 Å². The van der Waals surface area contributed by atoms with E-state index < -0.39 is 15.1 Å². The van der Waals surface area contributed by atoms with Crippen LogP contribution in [-0.2, 0) is 19.4 Å². The van der Waals surface area contributed by atoms with Crippen molar-refractivity contribution in [2.24, 2.45) is 5.73 Å². The molecule has 11 nitrogen and oxygen atoms in total. The Morgan fingerprint density at radius 3 is 2.25 bits per heavy atom. The van der Waals surface area contributed by atoms with Gasteiger partial charge in [0.2, 0.25) is 17.8 Å². The minimum absolute atomic E-state index is 0.0847. The predicted molar refractivity (Wildman–Crippen MR) is 204 cm³/mol. The summed E-state index contributed by atoms with van der Waals surface area (Å²) in [6.07, 6.45) is 10.1. The molecule has 1 saturated heterocycles. The van der Waals surface area contributed by atoms with Gasteiger partial charge in [0, 0.05) is 25.9 Å². The largest absolute Gasteiger partial charge is 0.489 e. The number of primary amides is 1. The van der Waals surface area contributed by atoms with Gasteiger partial charge >= 0.3 is 0 Å². The molecule has 1 aromatic heterocycles.